The van der Waals surface area contributed by atoms with Crippen LogP contribution in [0.5, 0.6) is 0 Å². The van der Waals surface area contributed by atoms with E-state index in [-0.39, 0.29) is 0 Å². The molecule has 0 spiro atoms. The minimum Gasteiger partial charge on any atom is -0.399 e. The van der Waals surface area contributed by atoms with Crippen LogP contribution in [0.25, 0.3) is 0 Å². The van der Waals surface area contributed by atoms with Crippen LogP contribution in [0.15, 0.2) is 17.0 Å². The molecule has 64 valence electrons. The van der Waals surface area contributed by atoms with Crippen LogP contribution in [0.4, 0.5) is 11.4 Å². The lowest BCUT2D eigenvalue weighted by Crippen LogP contribution is -2.03. The van der Waals surface area contributed by atoms with Crippen LogP contribution in [-0.2, 0) is 0 Å². The number of fused-ring (bicyclic) bond motifs is 1. The normalized spacial score (nSPS) is 20.3. The second-order valence-electron chi connectivity index (χ2n) is 3.12. The van der Waals surface area contributed by atoms with Crippen LogP contribution < -0.4 is 11.1 Å². The quantitative estimate of drug-likeness (QED) is 0.602. The molecule has 0 aliphatic carbocycles. The zero-order valence-corrected chi connectivity index (χ0v) is 8.03. The molecule has 0 saturated heterocycles. The third-order valence-electron chi connectivity index (χ3n) is 1.97. The van der Waals surface area contributed by atoms with E-state index in [0.717, 1.165) is 5.69 Å². The highest BCUT2D eigenvalue weighted by atomic mass is 32.2. The van der Waals surface area contributed by atoms with Gasteiger partial charge in [0.05, 0.1) is 11.1 Å². The summed E-state index contributed by atoms with van der Waals surface area (Å²) in [6.07, 6.45) is 0. The molecule has 0 fully saturated rings. The van der Waals surface area contributed by atoms with Crippen molar-refractivity contribution in [2.24, 2.45) is 0 Å². The summed E-state index contributed by atoms with van der Waals surface area (Å²) < 4.78 is 0. The van der Waals surface area contributed by atoms with Crippen LogP contribution in [0.2, 0.25) is 0 Å². The number of anilines is 2. The molecule has 1 heterocycles. The van der Waals surface area contributed by atoms with Gasteiger partial charge in [0, 0.05) is 10.6 Å². The lowest BCUT2D eigenvalue weighted by molar-refractivity contribution is 1.14. The molecule has 3 N–H and O–H groups in total. The Hall–Kier alpha value is -0.830. The van der Waals surface area contributed by atoms with Crippen molar-refractivity contribution in [3.05, 3.63) is 17.7 Å². The summed E-state index contributed by atoms with van der Waals surface area (Å²) in [4.78, 5) is 1.28. The van der Waals surface area contributed by atoms with E-state index >= 15 is 0 Å². The smallest absolute Gasteiger partial charge is 0.0741 e. The first-order valence-corrected chi connectivity index (χ1v) is 4.88. The van der Waals surface area contributed by atoms with E-state index in [4.69, 9.17) is 5.73 Å². The van der Waals surface area contributed by atoms with Gasteiger partial charge in [-0.15, -0.1) is 0 Å². The van der Waals surface area contributed by atoms with Crippen molar-refractivity contribution >= 4 is 23.1 Å². The van der Waals surface area contributed by atoms with Crippen molar-refractivity contribution in [2.45, 2.75) is 24.1 Å². The Morgan fingerprint density at radius 1 is 1.50 bits per heavy atom. The highest BCUT2D eigenvalue weighted by Gasteiger charge is 2.19. The minimum atomic E-state index is 0.473. The number of rotatable bonds is 0. The molecule has 1 atom stereocenters. The Labute approximate surface area is 76.5 Å². The largest absolute Gasteiger partial charge is 0.399 e. The first-order chi connectivity index (χ1) is 5.66. The third kappa shape index (κ3) is 1.14. The SMILES string of the molecule is Cc1cc(N)cc2c1NC(C)S2. The van der Waals surface area contributed by atoms with Gasteiger partial charge in [0.1, 0.15) is 0 Å². The molecule has 2 nitrogen and oxygen atoms in total. The Kier molecular flexibility index (Phi) is 1.68. The fourth-order valence-electron chi connectivity index (χ4n) is 1.48. The van der Waals surface area contributed by atoms with Gasteiger partial charge in [-0.05, 0) is 31.5 Å². The van der Waals surface area contributed by atoms with Crippen LogP contribution in [0.3, 0.4) is 0 Å². The number of thioether (sulfide) groups is 1. The van der Waals surface area contributed by atoms with Gasteiger partial charge in [-0.3, -0.25) is 0 Å². The predicted molar refractivity (Wildman–Crippen MR) is 54.5 cm³/mol. The summed E-state index contributed by atoms with van der Waals surface area (Å²) in [5, 5.41) is 3.87. The van der Waals surface area contributed by atoms with Gasteiger partial charge in [-0.2, -0.15) is 0 Å². The lowest BCUT2D eigenvalue weighted by atomic mass is 10.2. The topological polar surface area (TPSA) is 38.0 Å². The molecule has 0 radical (unpaired) electrons. The van der Waals surface area contributed by atoms with Gasteiger partial charge < -0.3 is 11.1 Å². The maximum absolute atomic E-state index is 5.74. The number of benzene rings is 1. The van der Waals surface area contributed by atoms with E-state index in [1.54, 1.807) is 0 Å². The Balaban J connectivity index is 2.52. The zero-order valence-electron chi connectivity index (χ0n) is 7.22. The second kappa shape index (κ2) is 2.59. The molecular formula is C9H12N2S. The molecule has 0 saturated carbocycles. The van der Waals surface area contributed by atoms with Crippen molar-refractivity contribution in [1.82, 2.24) is 0 Å². The molecule has 1 aromatic rings. The highest BCUT2D eigenvalue weighted by molar-refractivity contribution is 8.00. The summed E-state index contributed by atoms with van der Waals surface area (Å²) in [6, 6.07) is 4.04. The average molecular weight is 180 g/mol. The standard InChI is InChI=1S/C9H12N2S/c1-5-3-7(10)4-8-9(5)11-6(2)12-8/h3-4,6,11H,10H2,1-2H3. The maximum atomic E-state index is 5.74. The fourth-order valence-corrected chi connectivity index (χ4v) is 2.58. The number of nitrogens with one attached hydrogen (secondary N) is 1. The van der Waals surface area contributed by atoms with Gasteiger partial charge in [0.2, 0.25) is 0 Å². The van der Waals surface area contributed by atoms with Gasteiger partial charge in [0.15, 0.2) is 0 Å². The summed E-state index contributed by atoms with van der Waals surface area (Å²) in [7, 11) is 0. The highest BCUT2D eigenvalue weighted by Crippen LogP contribution is 2.41. The monoisotopic (exact) mass is 180 g/mol. The summed E-state index contributed by atoms with van der Waals surface area (Å²) >= 11 is 1.83. The van der Waals surface area contributed by atoms with Gasteiger partial charge in [-0.25, -0.2) is 0 Å². The molecular weight excluding hydrogens is 168 g/mol. The lowest BCUT2D eigenvalue weighted by Gasteiger charge is -2.05. The molecule has 12 heavy (non-hydrogen) atoms. The average Bonchev–Trinajstić information content (AvgIpc) is 2.29. The molecule has 0 amide bonds. The minimum absolute atomic E-state index is 0.473. The summed E-state index contributed by atoms with van der Waals surface area (Å²) in [5.41, 5.74) is 9.08. The Morgan fingerprint density at radius 2 is 2.25 bits per heavy atom. The van der Waals surface area contributed by atoms with Crippen molar-refractivity contribution in [1.29, 1.82) is 0 Å². The van der Waals surface area contributed by atoms with E-state index in [0.29, 0.717) is 5.37 Å². The van der Waals surface area contributed by atoms with E-state index in [1.807, 2.05) is 23.9 Å². The molecule has 1 unspecified atom stereocenters. The molecule has 0 bridgehead atoms. The van der Waals surface area contributed by atoms with Crippen LogP contribution in [0, 0.1) is 6.92 Å². The number of aryl methyl sites for hydroxylation is 1. The van der Waals surface area contributed by atoms with Gasteiger partial charge in [0.25, 0.3) is 0 Å². The zero-order chi connectivity index (χ0) is 8.72. The van der Waals surface area contributed by atoms with Crippen molar-refractivity contribution in [2.75, 3.05) is 11.1 Å². The molecule has 3 heteroatoms. The molecule has 1 aromatic carbocycles. The van der Waals surface area contributed by atoms with Crippen LogP contribution >= 0.6 is 11.8 Å². The van der Waals surface area contributed by atoms with E-state index in [9.17, 15) is 0 Å². The van der Waals surface area contributed by atoms with Crippen molar-refractivity contribution in [3.8, 4) is 0 Å². The first kappa shape index (κ1) is 7.80. The second-order valence-corrected chi connectivity index (χ2v) is 4.50. The summed E-state index contributed by atoms with van der Waals surface area (Å²) in [6.45, 7) is 4.24. The van der Waals surface area contributed by atoms with Crippen LogP contribution in [0.1, 0.15) is 12.5 Å². The number of nitrogen functional groups attached to an aromatic ring is 1. The van der Waals surface area contributed by atoms with E-state index in [1.165, 1.54) is 16.1 Å². The molecule has 1 aliphatic heterocycles. The molecule has 0 aromatic heterocycles. The number of hydrogen-bond donors (Lipinski definition) is 2. The van der Waals surface area contributed by atoms with E-state index < -0.39 is 0 Å². The van der Waals surface area contributed by atoms with Gasteiger partial charge >= 0.3 is 0 Å². The van der Waals surface area contributed by atoms with Crippen molar-refractivity contribution in [3.63, 3.8) is 0 Å². The molecule has 1 aliphatic rings. The first-order valence-electron chi connectivity index (χ1n) is 4.00. The Bertz CT molecular complexity index is 323. The summed E-state index contributed by atoms with van der Waals surface area (Å²) in [5.74, 6) is 0. The maximum Gasteiger partial charge on any atom is 0.0741 e. The fraction of sp³-hybridized carbons (Fsp3) is 0.333. The Morgan fingerprint density at radius 3 is 3.00 bits per heavy atom. The van der Waals surface area contributed by atoms with Crippen molar-refractivity contribution < 1.29 is 0 Å². The van der Waals surface area contributed by atoms with Gasteiger partial charge in [-0.1, -0.05) is 11.8 Å². The predicted octanol–water partition coefficient (Wildman–Crippen LogP) is 2.44. The van der Waals surface area contributed by atoms with Crippen LogP contribution in [-0.4, -0.2) is 5.37 Å². The van der Waals surface area contributed by atoms with E-state index in [2.05, 4.69) is 19.2 Å². The number of nitrogens with two attached hydrogens (primary N) is 1. The third-order valence-corrected chi connectivity index (χ3v) is 3.02. The number of hydrogen-bond acceptors (Lipinski definition) is 3. The molecule has 2 rings (SSSR count).